The van der Waals surface area contributed by atoms with Crippen molar-refractivity contribution in [2.24, 2.45) is 0 Å². The summed E-state index contributed by atoms with van der Waals surface area (Å²) in [4.78, 5) is 24.7. The van der Waals surface area contributed by atoms with Gasteiger partial charge in [-0.2, -0.15) is 0 Å². The number of hydrogen-bond acceptors (Lipinski definition) is 5. The molecular formula is C20H23ClN2O5S. The molecule has 1 N–H and O–H groups in total. The van der Waals surface area contributed by atoms with Crippen LogP contribution in [0.3, 0.4) is 0 Å². The Morgan fingerprint density at radius 3 is 2.48 bits per heavy atom. The zero-order chi connectivity index (χ0) is 21.8. The fraction of sp³-hybridized carbons (Fsp3) is 0.300. The lowest BCUT2D eigenvalue weighted by atomic mass is 10.1. The zero-order valence-electron chi connectivity index (χ0n) is 16.6. The predicted molar refractivity (Wildman–Crippen MR) is 114 cm³/mol. The third-order valence-corrected chi connectivity index (χ3v) is 5.69. The van der Waals surface area contributed by atoms with Gasteiger partial charge in [0.25, 0.3) is 0 Å². The first kappa shape index (κ1) is 22.7. The van der Waals surface area contributed by atoms with E-state index in [0.29, 0.717) is 22.0 Å². The van der Waals surface area contributed by atoms with Gasteiger partial charge in [0.05, 0.1) is 24.6 Å². The Kier molecular flexibility index (Phi) is 7.26. The number of halogens is 1. The molecule has 0 aliphatic carbocycles. The molecule has 156 valence electrons. The molecule has 0 bridgehead atoms. The quantitative estimate of drug-likeness (QED) is 0.666. The molecule has 1 atom stereocenters. The van der Waals surface area contributed by atoms with E-state index >= 15 is 0 Å². The van der Waals surface area contributed by atoms with Gasteiger partial charge in [0.15, 0.2) is 0 Å². The molecule has 1 amide bonds. The fourth-order valence-corrected chi connectivity index (χ4v) is 4.35. The number of nitrogens with one attached hydrogen (secondary N) is 1. The smallest absolute Gasteiger partial charge is 0.337 e. The number of benzene rings is 2. The SMILES string of the molecule is CC[C@@H](C(=O)Nc1cccc(C(=O)OC)c1)N(c1cc(Cl)ccc1C)S(C)(=O)=O. The molecule has 9 heteroatoms. The summed E-state index contributed by atoms with van der Waals surface area (Å²) in [5, 5.41) is 3.04. The Bertz CT molecular complexity index is 1020. The number of aryl methyl sites for hydroxylation is 1. The number of carbonyl (C=O) groups is 2. The van der Waals surface area contributed by atoms with Crippen LogP contribution in [0.2, 0.25) is 5.02 Å². The summed E-state index contributed by atoms with van der Waals surface area (Å²) in [5.74, 6) is -1.07. The Balaban J connectivity index is 2.42. The van der Waals surface area contributed by atoms with Crippen LogP contribution in [0, 0.1) is 6.92 Å². The van der Waals surface area contributed by atoms with Gasteiger partial charge < -0.3 is 10.1 Å². The number of hydrogen-bond donors (Lipinski definition) is 1. The number of nitrogens with zero attached hydrogens (tertiary/aromatic N) is 1. The molecule has 0 spiro atoms. The average Bonchev–Trinajstić information content (AvgIpc) is 2.66. The van der Waals surface area contributed by atoms with Crippen molar-refractivity contribution in [2.45, 2.75) is 26.3 Å². The highest BCUT2D eigenvalue weighted by molar-refractivity contribution is 7.92. The largest absolute Gasteiger partial charge is 0.465 e. The van der Waals surface area contributed by atoms with E-state index in [2.05, 4.69) is 10.1 Å². The zero-order valence-corrected chi connectivity index (χ0v) is 18.2. The van der Waals surface area contributed by atoms with Gasteiger partial charge >= 0.3 is 5.97 Å². The molecule has 2 rings (SSSR count). The van der Waals surface area contributed by atoms with Crippen LogP contribution >= 0.6 is 11.6 Å². The molecule has 2 aromatic carbocycles. The van der Waals surface area contributed by atoms with Crippen LogP contribution in [0.4, 0.5) is 11.4 Å². The van der Waals surface area contributed by atoms with E-state index in [-0.39, 0.29) is 12.0 Å². The number of anilines is 2. The van der Waals surface area contributed by atoms with Crippen molar-refractivity contribution in [3.63, 3.8) is 0 Å². The van der Waals surface area contributed by atoms with E-state index in [1.807, 2.05) is 0 Å². The van der Waals surface area contributed by atoms with Gasteiger partial charge in [-0.05, 0) is 49.2 Å². The van der Waals surface area contributed by atoms with E-state index in [9.17, 15) is 18.0 Å². The average molecular weight is 439 g/mol. The lowest BCUT2D eigenvalue weighted by molar-refractivity contribution is -0.117. The minimum Gasteiger partial charge on any atom is -0.465 e. The summed E-state index contributed by atoms with van der Waals surface area (Å²) < 4.78 is 30.9. The minimum atomic E-state index is -3.79. The number of esters is 1. The number of amides is 1. The maximum atomic E-state index is 13.0. The maximum absolute atomic E-state index is 13.0. The summed E-state index contributed by atoms with van der Waals surface area (Å²) in [6.45, 7) is 3.46. The lowest BCUT2D eigenvalue weighted by Crippen LogP contribution is -2.47. The molecule has 2 aromatic rings. The van der Waals surface area contributed by atoms with Gasteiger partial charge in [-0.15, -0.1) is 0 Å². The van der Waals surface area contributed by atoms with E-state index in [1.54, 1.807) is 44.2 Å². The highest BCUT2D eigenvalue weighted by Gasteiger charge is 2.32. The van der Waals surface area contributed by atoms with Crippen molar-refractivity contribution in [2.75, 3.05) is 23.0 Å². The molecule has 0 heterocycles. The van der Waals surface area contributed by atoms with Gasteiger partial charge in [-0.25, -0.2) is 13.2 Å². The van der Waals surface area contributed by atoms with Gasteiger partial charge in [0, 0.05) is 10.7 Å². The van der Waals surface area contributed by atoms with Crippen LogP contribution in [0.5, 0.6) is 0 Å². The standard InChI is InChI=1S/C20H23ClN2O5S/c1-5-17(19(24)22-16-8-6-7-14(11-16)20(25)28-3)23(29(4,26)27)18-12-15(21)10-9-13(18)2/h6-12,17H,5H2,1-4H3,(H,22,24)/t17-/m0/s1. The first-order chi connectivity index (χ1) is 13.6. The summed E-state index contributed by atoms with van der Waals surface area (Å²) >= 11 is 6.06. The van der Waals surface area contributed by atoms with Crippen molar-refractivity contribution in [3.05, 3.63) is 58.6 Å². The number of rotatable bonds is 7. The first-order valence-electron chi connectivity index (χ1n) is 8.83. The summed E-state index contributed by atoms with van der Waals surface area (Å²) in [7, 11) is -2.53. The van der Waals surface area contributed by atoms with Crippen LogP contribution in [0.15, 0.2) is 42.5 Å². The molecule has 0 radical (unpaired) electrons. The van der Waals surface area contributed by atoms with Gasteiger partial charge in [0.1, 0.15) is 6.04 Å². The van der Waals surface area contributed by atoms with Crippen LogP contribution in [-0.2, 0) is 19.6 Å². The normalized spacial score (nSPS) is 12.2. The molecule has 0 fully saturated rings. The van der Waals surface area contributed by atoms with Crippen molar-refractivity contribution in [1.82, 2.24) is 0 Å². The van der Waals surface area contributed by atoms with Crippen molar-refractivity contribution >= 4 is 44.9 Å². The molecule has 7 nitrogen and oxygen atoms in total. The van der Waals surface area contributed by atoms with Crippen LogP contribution in [-0.4, -0.2) is 39.7 Å². The van der Waals surface area contributed by atoms with E-state index < -0.39 is 27.9 Å². The summed E-state index contributed by atoms with van der Waals surface area (Å²) in [6.07, 6.45) is 1.27. The maximum Gasteiger partial charge on any atom is 0.337 e. The minimum absolute atomic E-state index is 0.224. The van der Waals surface area contributed by atoms with Gasteiger partial charge in [-0.1, -0.05) is 30.7 Å². The second kappa shape index (κ2) is 9.28. The fourth-order valence-electron chi connectivity index (χ4n) is 2.92. The third-order valence-electron chi connectivity index (χ3n) is 4.29. The van der Waals surface area contributed by atoms with E-state index in [1.165, 1.54) is 19.2 Å². The molecule has 29 heavy (non-hydrogen) atoms. The predicted octanol–water partition coefficient (Wildman–Crippen LogP) is 3.62. The molecular weight excluding hydrogens is 416 g/mol. The highest BCUT2D eigenvalue weighted by Crippen LogP contribution is 2.29. The summed E-state index contributed by atoms with van der Waals surface area (Å²) in [6, 6.07) is 10.1. The van der Waals surface area contributed by atoms with Crippen LogP contribution < -0.4 is 9.62 Å². The second-order valence-electron chi connectivity index (χ2n) is 6.48. The Morgan fingerprint density at radius 2 is 1.90 bits per heavy atom. The number of carbonyl (C=O) groups excluding carboxylic acids is 2. The number of sulfonamides is 1. The number of methoxy groups -OCH3 is 1. The van der Waals surface area contributed by atoms with Crippen molar-refractivity contribution < 1.29 is 22.7 Å². The van der Waals surface area contributed by atoms with E-state index in [4.69, 9.17) is 11.6 Å². The molecule has 0 aliphatic heterocycles. The second-order valence-corrected chi connectivity index (χ2v) is 8.77. The van der Waals surface area contributed by atoms with Crippen LogP contribution in [0.25, 0.3) is 0 Å². The monoisotopic (exact) mass is 438 g/mol. The highest BCUT2D eigenvalue weighted by atomic mass is 35.5. The molecule has 0 unspecified atom stereocenters. The molecule has 0 saturated carbocycles. The molecule has 0 saturated heterocycles. The Morgan fingerprint density at radius 1 is 1.21 bits per heavy atom. The van der Waals surface area contributed by atoms with Gasteiger partial charge in [-0.3, -0.25) is 9.10 Å². The lowest BCUT2D eigenvalue weighted by Gasteiger charge is -2.31. The Hall–Kier alpha value is -2.58. The molecule has 0 aromatic heterocycles. The van der Waals surface area contributed by atoms with Crippen molar-refractivity contribution in [3.8, 4) is 0 Å². The summed E-state index contributed by atoms with van der Waals surface area (Å²) in [5.41, 5.74) is 1.63. The van der Waals surface area contributed by atoms with E-state index in [0.717, 1.165) is 10.6 Å². The third kappa shape index (κ3) is 5.48. The Labute approximate surface area is 175 Å². The van der Waals surface area contributed by atoms with Crippen LogP contribution in [0.1, 0.15) is 29.3 Å². The van der Waals surface area contributed by atoms with Crippen molar-refractivity contribution in [1.29, 1.82) is 0 Å². The number of ether oxygens (including phenoxy) is 1. The topological polar surface area (TPSA) is 92.8 Å². The first-order valence-corrected chi connectivity index (χ1v) is 11.1. The van der Waals surface area contributed by atoms with Gasteiger partial charge in [0.2, 0.25) is 15.9 Å². The molecule has 0 aliphatic rings.